The first-order valence-corrected chi connectivity index (χ1v) is 10.4. The van der Waals surface area contributed by atoms with E-state index in [-0.39, 0.29) is 16.5 Å². The lowest BCUT2D eigenvalue weighted by Crippen LogP contribution is -2.30. The summed E-state index contributed by atoms with van der Waals surface area (Å²) in [5.41, 5.74) is 7.74. The molecule has 0 bridgehead atoms. The highest BCUT2D eigenvalue weighted by molar-refractivity contribution is 7.10. The van der Waals surface area contributed by atoms with Gasteiger partial charge in [-0.25, -0.2) is 4.79 Å². The van der Waals surface area contributed by atoms with Crippen LogP contribution in [0.25, 0.3) is 0 Å². The number of hydrogen-bond donors (Lipinski definition) is 3. The third kappa shape index (κ3) is 5.22. The number of nitrogens with one attached hydrogen (secondary N) is 2. The lowest BCUT2D eigenvalue weighted by Gasteiger charge is -2.14. The molecule has 10 heteroatoms. The first-order chi connectivity index (χ1) is 15.3. The molecule has 3 aromatic rings. The number of ether oxygens (including phenoxy) is 2. The summed E-state index contributed by atoms with van der Waals surface area (Å²) in [6, 6.07) is 13.4. The van der Waals surface area contributed by atoms with Crippen LogP contribution in [0.4, 0.5) is 16.4 Å². The Morgan fingerprint density at radius 1 is 1.06 bits per heavy atom. The van der Waals surface area contributed by atoms with Crippen molar-refractivity contribution >= 4 is 45.7 Å². The second-order valence-electron chi connectivity index (χ2n) is 6.78. The van der Waals surface area contributed by atoms with Gasteiger partial charge >= 0.3 is 5.97 Å². The fourth-order valence-electron chi connectivity index (χ4n) is 2.80. The van der Waals surface area contributed by atoms with Gasteiger partial charge in [0, 0.05) is 11.3 Å². The number of nitrogens with two attached hydrogens (primary N) is 1. The quantitative estimate of drug-likeness (QED) is 0.466. The van der Waals surface area contributed by atoms with Gasteiger partial charge < -0.3 is 25.8 Å². The van der Waals surface area contributed by atoms with Gasteiger partial charge in [-0.05, 0) is 61.8 Å². The Morgan fingerprint density at radius 2 is 1.75 bits per heavy atom. The van der Waals surface area contributed by atoms with Crippen molar-refractivity contribution in [3.63, 3.8) is 0 Å². The maximum Gasteiger partial charge on any atom is 0.343 e. The van der Waals surface area contributed by atoms with Crippen molar-refractivity contribution in [2.45, 2.75) is 20.0 Å². The number of hydrogen-bond acceptors (Lipinski definition) is 8. The monoisotopic (exact) mass is 454 g/mol. The number of para-hydroxylation sites is 2. The highest BCUT2D eigenvalue weighted by Gasteiger charge is 2.23. The van der Waals surface area contributed by atoms with Crippen LogP contribution in [0.2, 0.25) is 0 Å². The smallest absolute Gasteiger partial charge is 0.343 e. The zero-order valence-electron chi connectivity index (χ0n) is 17.7. The maximum absolute atomic E-state index is 12.5. The molecule has 1 heterocycles. The molecule has 0 spiro atoms. The first-order valence-electron chi connectivity index (χ1n) is 9.58. The molecule has 0 saturated carbocycles. The van der Waals surface area contributed by atoms with Gasteiger partial charge in [0.15, 0.2) is 6.10 Å². The minimum atomic E-state index is -1.06. The Kier molecular flexibility index (Phi) is 7.06. The van der Waals surface area contributed by atoms with Gasteiger partial charge in [0.1, 0.15) is 16.3 Å². The molecule has 0 saturated heterocycles. The zero-order valence-corrected chi connectivity index (χ0v) is 18.5. The van der Waals surface area contributed by atoms with Gasteiger partial charge in [-0.2, -0.15) is 4.37 Å². The van der Waals surface area contributed by atoms with E-state index in [0.717, 1.165) is 11.5 Å². The largest absolute Gasteiger partial charge is 0.495 e. The lowest BCUT2D eigenvalue weighted by molar-refractivity contribution is -0.123. The molecule has 0 aliphatic heterocycles. The molecule has 3 rings (SSSR count). The average Bonchev–Trinajstić information content (AvgIpc) is 3.12. The lowest BCUT2D eigenvalue weighted by atomic mass is 10.1. The van der Waals surface area contributed by atoms with Gasteiger partial charge in [0.05, 0.1) is 18.5 Å². The summed E-state index contributed by atoms with van der Waals surface area (Å²) in [5, 5.41) is 5.66. The molecule has 1 atom stereocenters. The number of aromatic nitrogens is 1. The number of nitrogens with zero attached hydrogens (tertiary/aromatic N) is 1. The van der Waals surface area contributed by atoms with Crippen LogP contribution in [-0.2, 0) is 9.53 Å². The molecule has 2 aromatic carbocycles. The maximum atomic E-state index is 12.5. The summed E-state index contributed by atoms with van der Waals surface area (Å²) in [4.78, 5) is 37.1. The van der Waals surface area contributed by atoms with Crippen LogP contribution >= 0.6 is 11.5 Å². The standard InChI is InChI=1S/C22H22N4O5S/c1-12-18(19(23)32-26-12)22(29)31-13(2)20(27)24-15-10-8-14(9-11-15)21(28)25-16-6-4-5-7-17(16)30-3/h4-11,13H,23H2,1-3H3,(H,24,27)(H,25,28)/t13-/m1/s1. The zero-order chi connectivity index (χ0) is 23.3. The fourth-order valence-corrected chi connectivity index (χ4v) is 3.45. The van der Waals surface area contributed by atoms with Gasteiger partial charge in [-0.3, -0.25) is 9.59 Å². The molecular formula is C22H22N4O5S. The van der Waals surface area contributed by atoms with Gasteiger partial charge in [-0.1, -0.05) is 12.1 Å². The topological polar surface area (TPSA) is 133 Å². The molecule has 166 valence electrons. The van der Waals surface area contributed by atoms with E-state index in [1.165, 1.54) is 14.0 Å². The number of aryl methyl sites for hydroxylation is 1. The normalized spacial score (nSPS) is 11.3. The number of anilines is 3. The Hall–Kier alpha value is -3.92. The molecule has 32 heavy (non-hydrogen) atoms. The van der Waals surface area contributed by atoms with Crippen molar-refractivity contribution in [2.75, 3.05) is 23.5 Å². The summed E-state index contributed by atoms with van der Waals surface area (Å²) < 4.78 is 14.4. The van der Waals surface area contributed by atoms with E-state index >= 15 is 0 Å². The number of benzene rings is 2. The van der Waals surface area contributed by atoms with E-state index in [9.17, 15) is 14.4 Å². The minimum absolute atomic E-state index is 0.167. The molecule has 0 aliphatic carbocycles. The Morgan fingerprint density at radius 3 is 2.38 bits per heavy atom. The molecule has 2 amide bonds. The Labute approximate surface area is 188 Å². The fraction of sp³-hybridized carbons (Fsp3) is 0.182. The summed E-state index contributed by atoms with van der Waals surface area (Å²) in [5.74, 6) is -1.01. The number of amides is 2. The van der Waals surface area contributed by atoms with Crippen LogP contribution in [0.1, 0.15) is 33.3 Å². The third-order valence-electron chi connectivity index (χ3n) is 4.52. The van der Waals surface area contributed by atoms with Crippen molar-refractivity contribution in [1.82, 2.24) is 4.37 Å². The Balaban J connectivity index is 1.59. The van der Waals surface area contributed by atoms with Crippen LogP contribution in [0.5, 0.6) is 5.75 Å². The summed E-state index contributed by atoms with van der Waals surface area (Å²) in [6.07, 6.45) is -1.06. The molecule has 0 fully saturated rings. The second-order valence-corrected chi connectivity index (χ2v) is 7.58. The average molecular weight is 455 g/mol. The van der Waals surface area contributed by atoms with Gasteiger partial charge in [0.25, 0.3) is 11.8 Å². The summed E-state index contributed by atoms with van der Waals surface area (Å²) in [7, 11) is 1.52. The van der Waals surface area contributed by atoms with E-state index < -0.39 is 18.0 Å². The minimum Gasteiger partial charge on any atom is -0.495 e. The number of carbonyl (C=O) groups is 3. The van der Waals surface area contributed by atoms with Gasteiger partial charge in [-0.15, -0.1) is 0 Å². The Bertz CT molecular complexity index is 1120. The van der Waals surface area contributed by atoms with Crippen molar-refractivity contribution < 1.29 is 23.9 Å². The van der Waals surface area contributed by atoms with E-state index in [1.807, 2.05) is 0 Å². The van der Waals surface area contributed by atoms with Crippen LogP contribution in [0, 0.1) is 6.92 Å². The molecule has 0 unspecified atom stereocenters. The van der Waals surface area contributed by atoms with Crippen molar-refractivity contribution in [3.05, 3.63) is 65.4 Å². The van der Waals surface area contributed by atoms with Crippen LogP contribution in [0.15, 0.2) is 48.5 Å². The van der Waals surface area contributed by atoms with Crippen molar-refractivity contribution in [1.29, 1.82) is 0 Å². The molecule has 9 nitrogen and oxygen atoms in total. The number of carbonyl (C=O) groups excluding carboxylic acids is 3. The predicted molar refractivity (Wildman–Crippen MR) is 122 cm³/mol. The molecular weight excluding hydrogens is 432 g/mol. The van der Waals surface area contributed by atoms with E-state index in [4.69, 9.17) is 15.2 Å². The van der Waals surface area contributed by atoms with Crippen molar-refractivity contribution in [2.24, 2.45) is 0 Å². The summed E-state index contributed by atoms with van der Waals surface area (Å²) in [6.45, 7) is 3.09. The third-order valence-corrected chi connectivity index (χ3v) is 5.28. The second kappa shape index (κ2) is 9.92. The van der Waals surface area contributed by atoms with Crippen LogP contribution in [-0.4, -0.2) is 35.4 Å². The molecule has 0 radical (unpaired) electrons. The number of methoxy groups -OCH3 is 1. The van der Waals surface area contributed by atoms with Crippen LogP contribution in [0.3, 0.4) is 0 Å². The predicted octanol–water partition coefficient (Wildman–Crippen LogP) is 3.48. The van der Waals surface area contributed by atoms with Gasteiger partial charge in [0.2, 0.25) is 0 Å². The van der Waals surface area contributed by atoms with Crippen molar-refractivity contribution in [3.8, 4) is 5.75 Å². The summed E-state index contributed by atoms with van der Waals surface area (Å²) >= 11 is 0.990. The van der Waals surface area contributed by atoms with E-state index in [1.54, 1.807) is 55.5 Å². The molecule has 0 aliphatic rings. The SMILES string of the molecule is COc1ccccc1NC(=O)c1ccc(NC(=O)[C@@H](C)OC(=O)c2c(C)nsc2N)cc1. The van der Waals surface area contributed by atoms with E-state index in [0.29, 0.717) is 28.4 Å². The number of esters is 1. The molecule has 1 aromatic heterocycles. The highest BCUT2D eigenvalue weighted by Crippen LogP contribution is 2.24. The highest BCUT2D eigenvalue weighted by atomic mass is 32.1. The number of nitrogen functional groups attached to an aromatic ring is 1. The first kappa shape index (κ1) is 22.8. The number of rotatable bonds is 7. The van der Waals surface area contributed by atoms with Crippen LogP contribution < -0.4 is 21.1 Å². The van der Waals surface area contributed by atoms with E-state index in [2.05, 4.69) is 15.0 Å². The molecule has 4 N–H and O–H groups in total.